The Morgan fingerprint density at radius 2 is 2.24 bits per heavy atom. The van der Waals surface area contributed by atoms with Gasteiger partial charge < -0.3 is 4.74 Å². The van der Waals surface area contributed by atoms with Crippen LogP contribution < -0.4 is 0 Å². The fourth-order valence-corrected chi connectivity index (χ4v) is 1.43. The van der Waals surface area contributed by atoms with Crippen molar-refractivity contribution >= 4 is 23.9 Å². The molecule has 0 bridgehead atoms. The predicted octanol–water partition coefficient (Wildman–Crippen LogP) is 2.46. The number of benzene rings is 1. The van der Waals surface area contributed by atoms with Crippen LogP contribution in [0, 0.1) is 11.8 Å². The van der Waals surface area contributed by atoms with Crippen LogP contribution in [0.5, 0.6) is 0 Å². The van der Waals surface area contributed by atoms with Gasteiger partial charge >= 0.3 is 5.97 Å². The normalized spacial score (nSPS) is 9.06. The fraction of sp³-hybridized carbons (Fsp3) is 0.231. The van der Waals surface area contributed by atoms with Crippen molar-refractivity contribution in [3.05, 3.63) is 34.3 Å². The highest BCUT2D eigenvalue weighted by Gasteiger charge is 1.98. The Bertz CT molecular complexity index is 483. The van der Waals surface area contributed by atoms with Crippen LogP contribution >= 0.6 is 11.6 Å². The Hall–Kier alpha value is -1.79. The van der Waals surface area contributed by atoms with Crippen LogP contribution in [0.25, 0.3) is 0 Å². The Morgan fingerprint density at radius 3 is 2.88 bits per heavy atom. The third-order valence-corrected chi connectivity index (χ3v) is 2.05. The first-order chi connectivity index (χ1) is 8.15. The van der Waals surface area contributed by atoms with E-state index in [4.69, 9.17) is 16.3 Å². The zero-order valence-corrected chi connectivity index (χ0v) is 10.1. The molecule has 0 atom stereocenters. The summed E-state index contributed by atoms with van der Waals surface area (Å²) < 4.78 is 4.72. The Morgan fingerprint density at radius 1 is 1.47 bits per heavy atom. The molecule has 1 rings (SSSR count). The third-order valence-electron chi connectivity index (χ3n) is 1.83. The van der Waals surface area contributed by atoms with Gasteiger partial charge in [0.25, 0.3) is 0 Å². The molecule has 1 aromatic rings. The molecule has 1 aromatic carbocycles. The van der Waals surface area contributed by atoms with Crippen LogP contribution in [0.4, 0.5) is 0 Å². The number of ether oxygens (including phenoxy) is 1. The van der Waals surface area contributed by atoms with Crippen molar-refractivity contribution in [3.8, 4) is 11.8 Å². The third kappa shape index (κ3) is 4.71. The lowest BCUT2D eigenvalue weighted by Gasteiger charge is -1.96. The molecule has 0 aliphatic heterocycles. The zero-order chi connectivity index (χ0) is 12.7. The number of esters is 1. The minimum atomic E-state index is -0.363. The van der Waals surface area contributed by atoms with Crippen LogP contribution in [0.1, 0.15) is 29.3 Å². The number of rotatable bonds is 3. The van der Waals surface area contributed by atoms with Gasteiger partial charge in [-0.25, -0.2) is 0 Å². The molecule has 0 aromatic heterocycles. The highest BCUT2D eigenvalue weighted by Crippen LogP contribution is 2.13. The molecule has 0 spiro atoms. The minimum Gasteiger partial charge on any atom is -0.465 e. The summed E-state index contributed by atoms with van der Waals surface area (Å²) in [6.07, 6.45) is 0.721. The molecule has 0 saturated heterocycles. The number of halogens is 1. The lowest BCUT2D eigenvalue weighted by Crippen LogP contribution is -2.01. The first kappa shape index (κ1) is 13.3. The van der Waals surface area contributed by atoms with E-state index in [1.807, 2.05) is 0 Å². The van der Waals surface area contributed by atoms with E-state index in [9.17, 15) is 9.59 Å². The summed E-state index contributed by atoms with van der Waals surface area (Å²) in [4.78, 5) is 21.6. The average Bonchev–Trinajstić information content (AvgIpc) is 2.28. The number of carbonyl (C=O) groups is 2. The van der Waals surface area contributed by atoms with E-state index in [0.717, 1.165) is 0 Å². The molecule has 0 heterocycles. The monoisotopic (exact) mass is 250 g/mol. The van der Waals surface area contributed by atoms with E-state index < -0.39 is 0 Å². The second kappa shape index (κ2) is 6.72. The highest BCUT2D eigenvalue weighted by molar-refractivity contribution is 6.31. The van der Waals surface area contributed by atoms with Crippen molar-refractivity contribution in [2.75, 3.05) is 6.61 Å². The summed E-state index contributed by atoms with van der Waals surface area (Å²) in [5, 5.41) is 0.440. The van der Waals surface area contributed by atoms with E-state index in [1.54, 1.807) is 25.1 Å². The second-order valence-electron chi connectivity index (χ2n) is 3.17. The van der Waals surface area contributed by atoms with Gasteiger partial charge in [0.05, 0.1) is 6.61 Å². The Labute approximate surface area is 105 Å². The Kier molecular flexibility index (Phi) is 5.25. The van der Waals surface area contributed by atoms with Crippen molar-refractivity contribution in [1.82, 2.24) is 0 Å². The largest absolute Gasteiger partial charge is 0.465 e. The molecule has 0 fully saturated rings. The first-order valence-electron chi connectivity index (χ1n) is 5.06. The second-order valence-corrected chi connectivity index (χ2v) is 3.61. The minimum absolute atomic E-state index is 0.0246. The molecule has 0 aliphatic rings. The maximum atomic E-state index is 11.0. The molecule has 0 saturated carbocycles. The molecule has 17 heavy (non-hydrogen) atoms. The summed E-state index contributed by atoms with van der Waals surface area (Å²) in [6.45, 7) is 2.08. The summed E-state index contributed by atoms with van der Waals surface area (Å²) in [5.41, 5.74) is 1.06. The molecule has 0 N–H and O–H groups in total. The summed E-state index contributed by atoms with van der Waals surface area (Å²) in [5.74, 6) is 5.06. The molecule has 0 unspecified atom stereocenters. The topological polar surface area (TPSA) is 43.4 Å². The SMILES string of the molecule is CCOC(=O)CC#Cc1cc(Cl)cc(C=O)c1. The molecular weight excluding hydrogens is 240 g/mol. The summed E-state index contributed by atoms with van der Waals surface area (Å²) >= 11 is 5.80. The van der Waals surface area contributed by atoms with E-state index in [0.29, 0.717) is 29.0 Å². The smallest absolute Gasteiger partial charge is 0.317 e. The van der Waals surface area contributed by atoms with Gasteiger partial charge in [0, 0.05) is 16.1 Å². The lowest BCUT2D eigenvalue weighted by molar-refractivity contribution is -0.141. The molecule has 0 radical (unpaired) electrons. The van der Waals surface area contributed by atoms with Gasteiger partial charge in [-0.05, 0) is 25.1 Å². The van der Waals surface area contributed by atoms with Gasteiger partial charge in [-0.15, -0.1) is 0 Å². The number of hydrogen-bond acceptors (Lipinski definition) is 3. The molecule has 4 heteroatoms. The van der Waals surface area contributed by atoms with Crippen LogP contribution in [0.3, 0.4) is 0 Å². The van der Waals surface area contributed by atoms with Gasteiger partial charge in [0.15, 0.2) is 0 Å². The van der Waals surface area contributed by atoms with Crippen molar-refractivity contribution in [2.45, 2.75) is 13.3 Å². The first-order valence-corrected chi connectivity index (χ1v) is 5.43. The molecule has 0 amide bonds. The fourth-order valence-electron chi connectivity index (χ4n) is 1.18. The highest BCUT2D eigenvalue weighted by atomic mass is 35.5. The maximum absolute atomic E-state index is 11.0. The van der Waals surface area contributed by atoms with Crippen molar-refractivity contribution < 1.29 is 14.3 Å². The van der Waals surface area contributed by atoms with E-state index in [1.165, 1.54) is 0 Å². The Balaban J connectivity index is 2.74. The summed E-state index contributed by atoms with van der Waals surface area (Å²) in [7, 11) is 0. The van der Waals surface area contributed by atoms with Crippen LogP contribution in [-0.2, 0) is 9.53 Å². The number of carbonyl (C=O) groups excluding carboxylic acids is 2. The number of hydrogen-bond donors (Lipinski definition) is 0. The van der Waals surface area contributed by atoms with E-state index in [2.05, 4.69) is 11.8 Å². The van der Waals surface area contributed by atoms with Gasteiger partial charge in [-0.2, -0.15) is 0 Å². The van der Waals surface area contributed by atoms with Gasteiger partial charge in [-0.1, -0.05) is 23.4 Å². The van der Waals surface area contributed by atoms with Gasteiger partial charge in [0.2, 0.25) is 0 Å². The van der Waals surface area contributed by atoms with E-state index >= 15 is 0 Å². The zero-order valence-electron chi connectivity index (χ0n) is 9.33. The van der Waals surface area contributed by atoms with Gasteiger partial charge in [-0.3, -0.25) is 9.59 Å². The molecule has 0 aliphatic carbocycles. The van der Waals surface area contributed by atoms with Crippen molar-refractivity contribution in [3.63, 3.8) is 0 Å². The molecule has 88 valence electrons. The van der Waals surface area contributed by atoms with Crippen LogP contribution in [0.15, 0.2) is 18.2 Å². The van der Waals surface area contributed by atoms with Crippen LogP contribution in [-0.4, -0.2) is 18.9 Å². The van der Waals surface area contributed by atoms with Crippen molar-refractivity contribution in [2.24, 2.45) is 0 Å². The van der Waals surface area contributed by atoms with Crippen molar-refractivity contribution in [1.29, 1.82) is 0 Å². The molecular formula is C13H11ClO3. The van der Waals surface area contributed by atoms with Gasteiger partial charge in [0.1, 0.15) is 12.7 Å². The standard InChI is InChI=1S/C13H11ClO3/c1-2-17-13(16)5-3-4-10-6-11(9-15)8-12(14)7-10/h6-9H,2,5H2,1H3. The maximum Gasteiger partial charge on any atom is 0.317 e. The number of aldehydes is 1. The molecule has 3 nitrogen and oxygen atoms in total. The lowest BCUT2D eigenvalue weighted by atomic mass is 10.1. The average molecular weight is 251 g/mol. The summed E-state index contributed by atoms with van der Waals surface area (Å²) in [6, 6.07) is 4.79. The van der Waals surface area contributed by atoms with Crippen LogP contribution in [0.2, 0.25) is 5.02 Å². The predicted molar refractivity (Wildman–Crippen MR) is 65.0 cm³/mol. The quantitative estimate of drug-likeness (QED) is 0.470. The van der Waals surface area contributed by atoms with E-state index in [-0.39, 0.29) is 12.4 Å².